The average molecular weight is 277 g/mol. The van der Waals surface area contributed by atoms with Crippen molar-refractivity contribution in [3.8, 4) is 11.8 Å². The molecular formula is C16H23NOS. The first-order valence-electron chi connectivity index (χ1n) is 7.06. The molecule has 1 saturated carbocycles. The number of rotatable bonds is 3. The molecule has 1 heterocycles. The Morgan fingerprint density at radius 2 is 2.05 bits per heavy atom. The van der Waals surface area contributed by atoms with Gasteiger partial charge in [0, 0.05) is 10.4 Å². The predicted octanol–water partition coefficient (Wildman–Crippen LogP) is 3.40. The zero-order chi connectivity index (χ0) is 13.7. The Hall–Kier alpha value is -0.820. The van der Waals surface area contributed by atoms with Gasteiger partial charge in [-0.1, -0.05) is 25.7 Å². The SMILES string of the molecule is CC1CC(C)CC(OCc2sccc2C#CCN)C1. The van der Waals surface area contributed by atoms with E-state index in [1.54, 1.807) is 11.3 Å². The number of ether oxygens (including phenoxy) is 1. The largest absolute Gasteiger partial charge is 0.373 e. The molecule has 0 spiro atoms. The summed E-state index contributed by atoms with van der Waals surface area (Å²) >= 11 is 1.72. The van der Waals surface area contributed by atoms with Crippen molar-refractivity contribution in [1.82, 2.24) is 0 Å². The average Bonchev–Trinajstić information content (AvgIpc) is 2.80. The molecule has 1 aliphatic carbocycles. The van der Waals surface area contributed by atoms with Crippen molar-refractivity contribution < 1.29 is 4.74 Å². The van der Waals surface area contributed by atoms with Crippen molar-refractivity contribution in [2.75, 3.05) is 6.54 Å². The molecule has 1 aromatic heterocycles. The molecule has 0 saturated heterocycles. The highest BCUT2D eigenvalue weighted by atomic mass is 32.1. The van der Waals surface area contributed by atoms with Crippen molar-refractivity contribution in [2.45, 2.75) is 45.8 Å². The summed E-state index contributed by atoms with van der Waals surface area (Å²) in [7, 11) is 0. The summed E-state index contributed by atoms with van der Waals surface area (Å²) in [5.41, 5.74) is 6.49. The van der Waals surface area contributed by atoms with E-state index in [2.05, 4.69) is 37.1 Å². The first kappa shape index (κ1) is 14.6. The zero-order valence-electron chi connectivity index (χ0n) is 11.8. The standard InChI is InChI=1S/C16H23NOS/c1-12-8-13(2)10-15(9-12)18-11-16-14(4-3-6-17)5-7-19-16/h5,7,12-13,15H,6,8-11,17H2,1-2H3. The second-order valence-corrected chi connectivity index (χ2v) is 6.61. The highest BCUT2D eigenvalue weighted by Gasteiger charge is 2.24. The number of thiophene rings is 1. The van der Waals surface area contributed by atoms with Gasteiger partial charge in [-0.3, -0.25) is 0 Å². The Morgan fingerprint density at radius 3 is 2.74 bits per heavy atom. The molecule has 1 aliphatic rings. The third kappa shape index (κ3) is 4.35. The third-order valence-corrected chi connectivity index (χ3v) is 4.55. The quantitative estimate of drug-likeness (QED) is 0.859. The molecule has 2 nitrogen and oxygen atoms in total. The van der Waals surface area contributed by atoms with Crippen LogP contribution in [-0.4, -0.2) is 12.6 Å². The maximum absolute atomic E-state index is 6.10. The van der Waals surface area contributed by atoms with Crippen molar-refractivity contribution in [3.63, 3.8) is 0 Å². The van der Waals surface area contributed by atoms with Crippen LogP contribution < -0.4 is 5.73 Å². The normalized spacial score (nSPS) is 26.8. The van der Waals surface area contributed by atoms with Crippen LogP contribution in [0.25, 0.3) is 0 Å². The minimum atomic E-state index is 0.411. The van der Waals surface area contributed by atoms with Crippen LogP contribution in [0.5, 0.6) is 0 Å². The Balaban J connectivity index is 1.90. The van der Waals surface area contributed by atoms with Crippen LogP contribution in [0.1, 0.15) is 43.6 Å². The van der Waals surface area contributed by atoms with E-state index in [0.717, 1.165) is 17.4 Å². The molecule has 3 heteroatoms. The monoisotopic (exact) mass is 277 g/mol. The molecule has 0 bridgehead atoms. The van der Waals surface area contributed by atoms with E-state index in [1.807, 2.05) is 0 Å². The molecule has 2 atom stereocenters. The molecule has 0 aromatic carbocycles. The molecule has 104 valence electrons. The summed E-state index contributed by atoms with van der Waals surface area (Å²) in [6.07, 6.45) is 4.14. The highest BCUT2D eigenvalue weighted by molar-refractivity contribution is 7.10. The van der Waals surface area contributed by atoms with Gasteiger partial charge in [0.25, 0.3) is 0 Å². The first-order valence-corrected chi connectivity index (χ1v) is 7.94. The summed E-state index contributed by atoms with van der Waals surface area (Å²) in [5, 5.41) is 2.07. The molecule has 2 N–H and O–H groups in total. The molecule has 0 amide bonds. The lowest BCUT2D eigenvalue weighted by molar-refractivity contribution is -0.00809. The van der Waals surface area contributed by atoms with E-state index in [1.165, 1.54) is 24.1 Å². The van der Waals surface area contributed by atoms with Gasteiger partial charge >= 0.3 is 0 Å². The summed E-state index contributed by atoms with van der Waals surface area (Å²) < 4.78 is 6.10. The Bertz CT molecular complexity index is 447. The molecule has 0 aliphatic heterocycles. The van der Waals surface area contributed by atoms with E-state index in [0.29, 0.717) is 19.3 Å². The number of nitrogens with two attached hydrogens (primary N) is 1. The van der Waals surface area contributed by atoms with Crippen LogP contribution in [0, 0.1) is 23.7 Å². The lowest BCUT2D eigenvalue weighted by Gasteiger charge is -2.31. The van der Waals surface area contributed by atoms with E-state index in [-0.39, 0.29) is 0 Å². The van der Waals surface area contributed by atoms with Gasteiger partial charge in [-0.2, -0.15) is 0 Å². The maximum Gasteiger partial charge on any atom is 0.0825 e. The fraction of sp³-hybridized carbons (Fsp3) is 0.625. The van der Waals surface area contributed by atoms with E-state index >= 15 is 0 Å². The Kier molecular flexibility index (Phi) is 5.45. The van der Waals surface area contributed by atoms with Gasteiger partial charge in [0.05, 0.1) is 19.3 Å². The van der Waals surface area contributed by atoms with Gasteiger partial charge in [0.15, 0.2) is 0 Å². The van der Waals surface area contributed by atoms with E-state index in [4.69, 9.17) is 10.5 Å². The van der Waals surface area contributed by atoms with Crippen LogP contribution in [0.2, 0.25) is 0 Å². The molecule has 2 unspecified atom stereocenters. The van der Waals surface area contributed by atoms with E-state index < -0.39 is 0 Å². The third-order valence-electron chi connectivity index (χ3n) is 3.66. The minimum absolute atomic E-state index is 0.411. The topological polar surface area (TPSA) is 35.2 Å². The van der Waals surface area contributed by atoms with Gasteiger partial charge in [-0.05, 0) is 42.5 Å². The van der Waals surface area contributed by atoms with Gasteiger partial charge in [-0.15, -0.1) is 11.3 Å². The molecular weight excluding hydrogens is 254 g/mol. The van der Waals surface area contributed by atoms with Crippen LogP contribution in [0.15, 0.2) is 11.4 Å². The lowest BCUT2D eigenvalue weighted by atomic mass is 9.82. The Labute approximate surface area is 120 Å². The summed E-state index contributed by atoms with van der Waals surface area (Å²) in [6.45, 7) is 5.76. The molecule has 2 rings (SSSR count). The van der Waals surface area contributed by atoms with Crippen molar-refractivity contribution in [1.29, 1.82) is 0 Å². The van der Waals surface area contributed by atoms with Crippen LogP contribution in [-0.2, 0) is 11.3 Å². The highest BCUT2D eigenvalue weighted by Crippen LogP contribution is 2.31. The second-order valence-electron chi connectivity index (χ2n) is 5.61. The Morgan fingerprint density at radius 1 is 1.32 bits per heavy atom. The van der Waals surface area contributed by atoms with E-state index in [9.17, 15) is 0 Å². The fourth-order valence-electron chi connectivity index (χ4n) is 2.91. The van der Waals surface area contributed by atoms with Gasteiger partial charge < -0.3 is 10.5 Å². The summed E-state index contributed by atoms with van der Waals surface area (Å²) in [4.78, 5) is 1.23. The number of hydrogen-bond acceptors (Lipinski definition) is 3. The van der Waals surface area contributed by atoms with Gasteiger partial charge in [0.1, 0.15) is 0 Å². The van der Waals surface area contributed by atoms with Crippen LogP contribution in [0.3, 0.4) is 0 Å². The smallest absolute Gasteiger partial charge is 0.0825 e. The molecule has 1 aromatic rings. The maximum atomic E-state index is 6.10. The first-order chi connectivity index (χ1) is 9.19. The molecule has 1 fully saturated rings. The second kappa shape index (κ2) is 7.09. The molecule has 0 radical (unpaired) electrons. The van der Waals surface area contributed by atoms with Gasteiger partial charge in [0.2, 0.25) is 0 Å². The zero-order valence-corrected chi connectivity index (χ0v) is 12.6. The van der Waals surface area contributed by atoms with Crippen LogP contribution >= 0.6 is 11.3 Å². The number of hydrogen-bond donors (Lipinski definition) is 1. The lowest BCUT2D eigenvalue weighted by Crippen LogP contribution is -2.26. The minimum Gasteiger partial charge on any atom is -0.373 e. The van der Waals surface area contributed by atoms with Crippen LogP contribution in [0.4, 0.5) is 0 Å². The van der Waals surface area contributed by atoms with Crippen molar-refractivity contribution >= 4 is 11.3 Å². The summed E-state index contributed by atoms with van der Waals surface area (Å²) in [5.74, 6) is 7.60. The summed E-state index contributed by atoms with van der Waals surface area (Å²) in [6, 6.07) is 2.05. The van der Waals surface area contributed by atoms with Crippen molar-refractivity contribution in [3.05, 3.63) is 21.9 Å². The molecule has 19 heavy (non-hydrogen) atoms. The van der Waals surface area contributed by atoms with Gasteiger partial charge in [-0.25, -0.2) is 0 Å². The predicted molar refractivity (Wildman–Crippen MR) is 81.0 cm³/mol. The van der Waals surface area contributed by atoms with Crippen molar-refractivity contribution in [2.24, 2.45) is 17.6 Å². The fourth-order valence-corrected chi connectivity index (χ4v) is 3.66.